The molecule has 1 aromatic rings. The molecule has 0 aromatic heterocycles. The lowest BCUT2D eigenvalue weighted by molar-refractivity contribution is -0.384. The van der Waals surface area contributed by atoms with Crippen LogP contribution in [-0.2, 0) is 6.61 Å². The molecular weight excluding hydrogens is 258 g/mol. The Balaban J connectivity index is 2.15. The summed E-state index contributed by atoms with van der Waals surface area (Å²) in [6.45, 7) is 7.88. The molecule has 1 aliphatic rings. The molecule has 6 nitrogen and oxygen atoms in total. The average Bonchev–Trinajstić information content (AvgIpc) is 2.46. The first kappa shape index (κ1) is 14.7. The van der Waals surface area contributed by atoms with Gasteiger partial charge in [0.15, 0.2) is 0 Å². The molecule has 110 valence electrons. The number of anilines is 1. The van der Waals surface area contributed by atoms with Crippen LogP contribution in [-0.4, -0.2) is 47.2 Å². The topological polar surface area (TPSA) is 69.9 Å². The van der Waals surface area contributed by atoms with Gasteiger partial charge in [0.25, 0.3) is 5.69 Å². The fourth-order valence-corrected chi connectivity index (χ4v) is 2.60. The van der Waals surface area contributed by atoms with Crippen LogP contribution in [0, 0.1) is 10.1 Å². The molecule has 0 saturated carbocycles. The van der Waals surface area contributed by atoms with Crippen molar-refractivity contribution in [1.82, 2.24) is 4.90 Å². The maximum atomic E-state index is 10.8. The second-order valence-electron chi connectivity index (χ2n) is 5.35. The number of non-ortho nitro benzene ring substituents is 1. The van der Waals surface area contributed by atoms with Crippen LogP contribution < -0.4 is 4.90 Å². The monoisotopic (exact) mass is 279 g/mol. The number of hydrogen-bond donors (Lipinski definition) is 1. The number of piperazine rings is 1. The zero-order valence-electron chi connectivity index (χ0n) is 12.0. The van der Waals surface area contributed by atoms with Crippen molar-refractivity contribution in [3.63, 3.8) is 0 Å². The van der Waals surface area contributed by atoms with Gasteiger partial charge in [-0.1, -0.05) is 0 Å². The van der Waals surface area contributed by atoms with Crippen molar-refractivity contribution < 1.29 is 10.0 Å². The third-order valence-electron chi connectivity index (χ3n) is 3.83. The molecule has 1 heterocycles. The predicted octanol–water partition coefficient (Wildman–Crippen LogP) is 1.62. The molecule has 0 aliphatic carbocycles. The van der Waals surface area contributed by atoms with Gasteiger partial charge in [0, 0.05) is 55.6 Å². The first-order valence-corrected chi connectivity index (χ1v) is 6.90. The molecule has 6 heteroatoms. The predicted molar refractivity (Wildman–Crippen MR) is 77.9 cm³/mol. The minimum Gasteiger partial charge on any atom is -0.392 e. The smallest absolute Gasteiger partial charge is 0.269 e. The Kier molecular flexibility index (Phi) is 4.57. The van der Waals surface area contributed by atoms with Crippen molar-refractivity contribution in [2.75, 3.05) is 31.1 Å². The van der Waals surface area contributed by atoms with Crippen LogP contribution >= 0.6 is 0 Å². The van der Waals surface area contributed by atoms with E-state index in [-0.39, 0.29) is 12.3 Å². The third kappa shape index (κ3) is 3.08. The van der Waals surface area contributed by atoms with Gasteiger partial charge < -0.3 is 10.0 Å². The zero-order valence-corrected chi connectivity index (χ0v) is 12.0. The highest BCUT2D eigenvalue weighted by Gasteiger charge is 2.21. The van der Waals surface area contributed by atoms with E-state index in [1.165, 1.54) is 12.1 Å². The van der Waals surface area contributed by atoms with Crippen molar-refractivity contribution in [2.24, 2.45) is 0 Å². The maximum absolute atomic E-state index is 10.8. The summed E-state index contributed by atoms with van der Waals surface area (Å²) in [4.78, 5) is 14.9. The highest BCUT2D eigenvalue weighted by Crippen LogP contribution is 2.26. The summed E-state index contributed by atoms with van der Waals surface area (Å²) in [6, 6.07) is 5.24. The van der Waals surface area contributed by atoms with E-state index in [2.05, 4.69) is 23.6 Å². The van der Waals surface area contributed by atoms with Crippen molar-refractivity contribution >= 4 is 11.4 Å². The fourth-order valence-electron chi connectivity index (χ4n) is 2.60. The summed E-state index contributed by atoms with van der Waals surface area (Å²) >= 11 is 0. The van der Waals surface area contributed by atoms with Gasteiger partial charge in [0.1, 0.15) is 0 Å². The number of nitro groups is 1. The summed E-state index contributed by atoms with van der Waals surface area (Å²) in [6.07, 6.45) is 0. The van der Waals surface area contributed by atoms with Crippen LogP contribution in [0.4, 0.5) is 11.4 Å². The lowest BCUT2D eigenvalue weighted by Gasteiger charge is -2.38. The molecule has 0 bridgehead atoms. The number of aliphatic hydroxyl groups excluding tert-OH is 1. The van der Waals surface area contributed by atoms with Gasteiger partial charge in [-0.2, -0.15) is 0 Å². The molecule has 1 aliphatic heterocycles. The molecular formula is C14H21N3O3. The maximum Gasteiger partial charge on any atom is 0.269 e. The van der Waals surface area contributed by atoms with E-state index in [4.69, 9.17) is 0 Å². The third-order valence-corrected chi connectivity index (χ3v) is 3.83. The van der Waals surface area contributed by atoms with Crippen LogP contribution in [0.15, 0.2) is 18.2 Å². The Bertz CT molecular complexity index is 483. The van der Waals surface area contributed by atoms with Gasteiger partial charge >= 0.3 is 0 Å². The SMILES string of the molecule is CC(C)N1CCN(c2ccc([N+](=O)[O-])cc2CO)CC1. The summed E-state index contributed by atoms with van der Waals surface area (Å²) in [5, 5.41) is 20.2. The Labute approximate surface area is 118 Å². The van der Waals surface area contributed by atoms with E-state index in [0.29, 0.717) is 11.6 Å². The van der Waals surface area contributed by atoms with Gasteiger partial charge in [0.05, 0.1) is 11.5 Å². The van der Waals surface area contributed by atoms with E-state index < -0.39 is 4.92 Å². The standard InChI is InChI=1S/C14H21N3O3/c1-11(2)15-5-7-16(8-6-15)14-4-3-13(17(19)20)9-12(14)10-18/h3-4,9,11,18H,5-8,10H2,1-2H3. The Hall–Kier alpha value is -1.66. The van der Waals surface area contributed by atoms with Crippen LogP contribution in [0.5, 0.6) is 0 Å². The first-order chi connectivity index (χ1) is 9.52. The summed E-state index contributed by atoms with van der Waals surface area (Å²) in [5.74, 6) is 0. The molecule has 2 rings (SSSR count). The van der Waals surface area contributed by atoms with Crippen molar-refractivity contribution in [3.05, 3.63) is 33.9 Å². The minimum absolute atomic E-state index is 0.0265. The lowest BCUT2D eigenvalue weighted by Crippen LogP contribution is -2.49. The zero-order chi connectivity index (χ0) is 14.7. The van der Waals surface area contributed by atoms with E-state index in [0.717, 1.165) is 31.9 Å². The van der Waals surface area contributed by atoms with Gasteiger partial charge in [-0.15, -0.1) is 0 Å². The Morgan fingerprint density at radius 2 is 1.95 bits per heavy atom. The van der Waals surface area contributed by atoms with E-state index in [9.17, 15) is 15.2 Å². The highest BCUT2D eigenvalue weighted by atomic mass is 16.6. The van der Waals surface area contributed by atoms with Crippen LogP contribution in [0.3, 0.4) is 0 Å². The van der Waals surface area contributed by atoms with Gasteiger partial charge in [-0.25, -0.2) is 0 Å². The molecule has 0 atom stereocenters. The van der Waals surface area contributed by atoms with Crippen molar-refractivity contribution in [1.29, 1.82) is 0 Å². The number of aliphatic hydroxyl groups is 1. The van der Waals surface area contributed by atoms with Crippen LogP contribution in [0.2, 0.25) is 0 Å². The second-order valence-corrected chi connectivity index (χ2v) is 5.35. The number of nitro benzene ring substituents is 1. The number of hydrogen-bond acceptors (Lipinski definition) is 5. The van der Waals surface area contributed by atoms with E-state index >= 15 is 0 Å². The molecule has 0 amide bonds. The molecule has 0 unspecified atom stereocenters. The molecule has 20 heavy (non-hydrogen) atoms. The quantitative estimate of drug-likeness (QED) is 0.670. The summed E-state index contributed by atoms with van der Waals surface area (Å²) < 4.78 is 0. The van der Waals surface area contributed by atoms with Gasteiger partial charge in [-0.3, -0.25) is 15.0 Å². The van der Waals surface area contributed by atoms with E-state index in [1.807, 2.05) is 0 Å². The van der Waals surface area contributed by atoms with Gasteiger partial charge in [0.2, 0.25) is 0 Å². The normalized spacial score (nSPS) is 16.7. The van der Waals surface area contributed by atoms with Crippen LogP contribution in [0.25, 0.3) is 0 Å². The average molecular weight is 279 g/mol. The second kappa shape index (κ2) is 6.19. The molecule has 0 radical (unpaired) electrons. The van der Waals surface area contributed by atoms with Gasteiger partial charge in [-0.05, 0) is 19.9 Å². The largest absolute Gasteiger partial charge is 0.392 e. The van der Waals surface area contributed by atoms with Crippen molar-refractivity contribution in [2.45, 2.75) is 26.5 Å². The summed E-state index contributed by atoms with van der Waals surface area (Å²) in [7, 11) is 0. The molecule has 0 spiro atoms. The van der Waals surface area contributed by atoms with E-state index in [1.54, 1.807) is 6.07 Å². The lowest BCUT2D eigenvalue weighted by atomic mass is 10.1. The number of rotatable bonds is 4. The number of nitrogens with zero attached hydrogens (tertiary/aromatic N) is 3. The fraction of sp³-hybridized carbons (Fsp3) is 0.571. The number of benzene rings is 1. The Morgan fingerprint density at radius 3 is 2.45 bits per heavy atom. The molecule has 1 fully saturated rings. The summed E-state index contributed by atoms with van der Waals surface area (Å²) in [5.41, 5.74) is 1.55. The van der Waals surface area contributed by atoms with Crippen molar-refractivity contribution in [3.8, 4) is 0 Å². The molecule has 1 saturated heterocycles. The van der Waals surface area contributed by atoms with Crippen LogP contribution in [0.1, 0.15) is 19.4 Å². The highest BCUT2D eigenvalue weighted by molar-refractivity contribution is 5.58. The Morgan fingerprint density at radius 1 is 1.30 bits per heavy atom. The first-order valence-electron chi connectivity index (χ1n) is 6.90. The molecule has 1 aromatic carbocycles. The molecule has 1 N–H and O–H groups in total. The minimum atomic E-state index is -0.431.